The Morgan fingerprint density at radius 3 is 2.72 bits per heavy atom. The van der Waals surface area contributed by atoms with E-state index in [1.165, 1.54) is 4.88 Å². The highest BCUT2D eigenvalue weighted by atomic mass is 32.1. The van der Waals surface area contributed by atoms with Crippen LogP contribution in [0.4, 0.5) is 5.82 Å². The van der Waals surface area contributed by atoms with Gasteiger partial charge in [-0.3, -0.25) is 4.79 Å². The number of carbonyl (C=O) groups is 1. The second-order valence-electron chi connectivity index (χ2n) is 6.66. The van der Waals surface area contributed by atoms with Crippen molar-refractivity contribution in [2.75, 3.05) is 25.0 Å². The van der Waals surface area contributed by atoms with Crippen LogP contribution in [-0.4, -0.2) is 40.4 Å². The SMILES string of the molecule is CCc1cnc(CCNc2ccc(C(=O)N3CCC(C)CC3)cn2)s1. The number of nitrogens with zero attached hydrogens (tertiary/aromatic N) is 3. The Bertz CT molecular complexity index is 690. The average Bonchev–Trinajstić information content (AvgIpc) is 3.10. The van der Waals surface area contributed by atoms with Crippen molar-refractivity contribution in [3.05, 3.63) is 40.0 Å². The lowest BCUT2D eigenvalue weighted by atomic mass is 9.99. The Morgan fingerprint density at radius 2 is 2.08 bits per heavy atom. The number of thiazole rings is 1. The van der Waals surface area contributed by atoms with Crippen LogP contribution in [0.5, 0.6) is 0 Å². The molecule has 0 atom stereocenters. The van der Waals surface area contributed by atoms with Gasteiger partial charge in [0.05, 0.1) is 10.6 Å². The molecule has 3 rings (SSSR count). The van der Waals surface area contributed by atoms with Crippen LogP contribution in [0.1, 0.15) is 46.9 Å². The van der Waals surface area contributed by atoms with E-state index in [4.69, 9.17) is 0 Å². The van der Waals surface area contributed by atoms with Crippen molar-refractivity contribution in [3.63, 3.8) is 0 Å². The summed E-state index contributed by atoms with van der Waals surface area (Å²) in [6, 6.07) is 3.76. The van der Waals surface area contributed by atoms with E-state index in [2.05, 4.69) is 29.1 Å². The van der Waals surface area contributed by atoms with Gasteiger partial charge < -0.3 is 10.2 Å². The molecule has 5 nitrogen and oxygen atoms in total. The predicted octanol–water partition coefficient (Wildman–Crippen LogP) is 3.63. The molecule has 25 heavy (non-hydrogen) atoms. The summed E-state index contributed by atoms with van der Waals surface area (Å²) in [5.41, 5.74) is 0.674. The van der Waals surface area contributed by atoms with Crippen molar-refractivity contribution in [3.8, 4) is 0 Å². The fraction of sp³-hybridized carbons (Fsp3) is 0.526. The van der Waals surface area contributed by atoms with Crippen LogP contribution >= 0.6 is 11.3 Å². The Kier molecular flexibility index (Phi) is 6.02. The molecule has 0 spiro atoms. The molecule has 2 aromatic heterocycles. The monoisotopic (exact) mass is 358 g/mol. The Labute approximate surface area is 153 Å². The number of nitrogens with one attached hydrogen (secondary N) is 1. The normalized spacial score (nSPS) is 15.4. The molecular formula is C19H26N4OS. The van der Waals surface area contributed by atoms with Gasteiger partial charge in [0.15, 0.2) is 0 Å². The number of likely N-dealkylation sites (tertiary alicyclic amines) is 1. The van der Waals surface area contributed by atoms with E-state index in [9.17, 15) is 4.79 Å². The summed E-state index contributed by atoms with van der Waals surface area (Å²) in [7, 11) is 0. The van der Waals surface area contributed by atoms with Crippen molar-refractivity contribution >= 4 is 23.1 Å². The number of hydrogen-bond donors (Lipinski definition) is 1. The lowest BCUT2D eigenvalue weighted by Gasteiger charge is -2.30. The first-order valence-corrected chi connectivity index (χ1v) is 9.90. The number of pyridine rings is 1. The first-order valence-electron chi connectivity index (χ1n) is 9.08. The summed E-state index contributed by atoms with van der Waals surface area (Å²) in [6.45, 7) is 6.90. The van der Waals surface area contributed by atoms with Gasteiger partial charge in [0.25, 0.3) is 5.91 Å². The van der Waals surface area contributed by atoms with E-state index < -0.39 is 0 Å². The number of rotatable bonds is 6. The quantitative estimate of drug-likeness (QED) is 0.857. The average molecular weight is 359 g/mol. The molecule has 0 aromatic carbocycles. The first-order chi connectivity index (χ1) is 12.2. The summed E-state index contributed by atoms with van der Waals surface area (Å²) in [5, 5.41) is 4.45. The molecule has 1 amide bonds. The second kappa shape index (κ2) is 8.43. The number of piperidine rings is 1. The third-order valence-corrected chi connectivity index (χ3v) is 5.88. The molecule has 134 valence electrons. The highest BCUT2D eigenvalue weighted by Crippen LogP contribution is 2.18. The van der Waals surface area contributed by atoms with E-state index in [1.807, 2.05) is 23.2 Å². The minimum atomic E-state index is 0.0980. The molecule has 2 aromatic rings. The minimum Gasteiger partial charge on any atom is -0.370 e. The van der Waals surface area contributed by atoms with Gasteiger partial charge in [0.2, 0.25) is 0 Å². The number of aryl methyl sites for hydroxylation is 1. The zero-order valence-electron chi connectivity index (χ0n) is 15.0. The molecule has 1 N–H and O–H groups in total. The van der Waals surface area contributed by atoms with Crippen molar-refractivity contribution < 1.29 is 4.79 Å². The van der Waals surface area contributed by atoms with Gasteiger partial charge >= 0.3 is 0 Å². The highest BCUT2D eigenvalue weighted by Gasteiger charge is 2.21. The molecule has 3 heterocycles. The number of carbonyl (C=O) groups excluding carboxylic acids is 1. The van der Waals surface area contributed by atoms with Crippen LogP contribution in [0.2, 0.25) is 0 Å². The molecule has 1 aliphatic heterocycles. The smallest absolute Gasteiger partial charge is 0.255 e. The van der Waals surface area contributed by atoms with Crippen LogP contribution in [0.15, 0.2) is 24.5 Å². The number of amides is 1. The minimum absolute atomic E-state index is 0.0980. The lowest BCUT2D eigenvalue weighted by molar-refractivity contribution is 0.0697. The number of anilines is 1. The maximum absolute atomic E-state index is 12.5. The maximum Gasteiger partial charge on any atom is 0.255 e. The largest absolute Gasteiger partial charge is 0.370 e. The standard InChI is InChI=1S/C19H26N4OS/c1-3-16-13-22-18(25-16)6-9-20-17-5-4-15(12-21-17)19(24)23-10-7-14(2)8-11-23/h4-5,12-14H,3,6-11H2,1-2H3,(H,20,21). The number of aromatic nitrogens is 2. The van der Waals surface area contributed by atoms with Crippen LogP contribution in [0.25, 0.3) is 0 Å². The van der Waals surface area contributed by atoms with Gasteiger partial charge in [-0.25, -0.2) is 9.97 Å². The van der Waals surface area contributed by atoms with Crippen LogP contribution in [0, 0.1) is 5.92 Å². The third-order valence-electron chi connectivity index (χ3n) is 4.68. The van der Waals surface area contributed by atoms with E-state index in [0.717, 1.165) is 62.1 Å². The van der Waals surface area contributed by atoms with Crippen molar-refractivity contribution in [2.45, 2.75) is 39.5 Å². The van der Waals surface area contributed by atoms with Crippen molar-refractivity contribution in [1.29, 1.82) is 0 Å². The van der Waals surface area contributed by atoms with Gasteiger partial charge in [0, 0.05) is 43.3 Å². The van der Waals surface area contributed by atoms with E-state index >= 15 is 0 Å². The molecule has 0 radical (unpaired) electrons. The first kappa shape index (κ1) is 17.9. The van der Waals surface area contributed by atoms with Crippen molar-refractivity contribution in [1.82, 2.24) is 14.9 Å². The highest BCUT2D eigenvalue weighted by molar-refractivity contribution is 7.11. The summed E-state index contributed by atoms with van der Waals surface area (Å²) in [5.74, 6) is 1.62. The van der Waals surface area contributed by atoms with Gasteiger partial charge in [-0.1, -0.05) is 13.8 Å². The molecule has 0 bridgehead atoms. The Hall–Kier alpha value is -1.95. The van der Waals surface area contributed by atoms with Gasteiger partial charge in [-0.05, 0) is 37.3 Å². The van der Waals surface area contributed by atoms with Gasteiger partial charge in [-0.15, -0.1) is 11.3 Å². The summed E-state index contributed by atoms with van der Waals surface area (Å²) in [4.78, 5) is 24.6. The molecular weight excluding hydrogens is 332 g/mol. The zero-order chi connectivity index (χ0) is 17.6. The summed E-state index contributed by atoms with van der Waals surface area (Å²) < 4.78 is 0. The topological polar surface area (TPSA) is 58.1 Å². The van der Waals surface area contributed by atoms with E-state index in [1.54, 1.807) is 17.5 Å². The van der Waals surface area contributed by atoms with Crippen LogP contribution < -0.4 is 5.32 Å². The third kappa shape index (κ3) is 4.78. The predicted molar refractivity (Wildman–Crippen MR) is 102 cm³/mol. The lowest BCUT2D eigenvalue weighted by Crippen LogP contribution is -2.37. The van der Waals surface area contributed by atoms with E-state index in [-0.39, 0.29) is 5.91 Å². The zero-order valence-corrected chi connectivity index (χ0v) is 15.8. The summed E-state index contributed by atoms with van der Waals surface area (Å²) in [6.07, 6.45) is 7.75. The van der Waals surface area contributed by atoms with E-state index in [0.29, 0.717) is 5.56 Å². The molecule has 1 aliphatic rings. The molecule has 1 saturated heterocycles. The fourth-order valence-corrected chi connectivity index (χ4v) is 3.81. The molecule has 0 unspecified atom stereocenters. The van der Waals surface area contributed by atoms with Gasteiger partial charge in [0.1, 0.15) is 5.82 Å². The molecule has 6 heteroatoms. The van der Waals surface area contributed by atoms with Crippen LogP contribution in [0.3, 0.4) is 0 Å². The molecule has 0 aliphatic carbocycles. The fourth-order valence-electron chi connectivity index (χ4n) is 2.94. The molecule has 1 fully saturated rings. The van der Waals surface area contributed by atoms with Crippen LogP contribution in [-0.2, 0) is 12.8 Å². The molecule has 0 saturated carbocycles. The second-order valence-corrected chi connectivity index (χ2v) is 7.86. The summed E-state index contributed by atoms with van der Waals surface area (Å²) >= 11 is 1.77. The van der Waals surface area contributed by atoms with Gasteiger partial charge in [-0.2, -0.15) is 0 Å². The maximum atomic E-state index is 12.5. The van der Waals surface area contributed by atoms with Crippen molar-refractivity contribution in [2.24, 2.45) is 5.92 Å². The Morgan fingerprint density at radius 1 is 1.28 bits per heavy atom. The Balaban J connectivity index is 1.49. The number of hydrogen-bond acceptors (Lipinski definition) is 5.